The predicted octanol–water partition coefficient (Wildman–Crippen LogP) is 2.60. The normalized spacial score (nSPS) is 14.0. The molecule has 1 atom stereocenters. The first-order valence-corrected chi connectivity index (χ1v) is 7.25. The fourth-order valence-electron chi connectivity index (χ4n) is 1.96. The maximum Gasteiger partial charge on any atom is 0.314 e. The second-order valence-electron chi connectivity index (χ2n) is 5.89. The minimum absolute atomic E-state index is 0.188. The van der Waals surface area contributed by atoms with Gasteiger partial charge in [0.05, 0.1) is 18.3 Å². The average molecular weight is 304 g/mol. The molecule has 1 unspecified atom stereocenters. The zero-order valence-electron chi connectivity index (χ0n) is 14.0. The molecule has 124 valence electrons. The summed E-state index contributed by atoms with van der Waals surface area (Å²) in [7, 11) is 0. The Bertz CT molecular complexity index is 308. The number of ketones is 1. The van der Waals surface area contributed by atoms with Gasteiger partial charge in [0, 0.05) is 6.42 Å². The van der Waals surface area contributed by atoms with Crippen molar-refractivity contribution >= 4 is 11.8 Å². The minimum Gasteiger partial charge on any atom is -0.481 e. The molecule has 0 saturated carbocycles. The Morgan fingerprint density at radius 3 is 1.43 bits per heavy atom. The van der Waals surface area contributed by atoms with Gasteiger partial charge in [-0.1, -0.05) is 0 Å². The highest BCUT2D eigenvalue weighted by molar-refractivity contribution is 5.96. The number of carboxylic acids is 1. The van der Waals surface area contributed by atoms with Gasteiger partial charge in [-0.15, -0.1) is 0 Å². The van der Waals surface area contributed by atoms with Gasteiger partial charge in [-0.25, -0.2) is 0 Å². The fraction of sp³-hybridized carbons (Fsp3) is 0.867. The minimum atomic E-state index is -1.55. The number of Topliss-reactive ketones (excluding diaryl/α,β-unsaturated/α-hetero) is 1. The lowest BCUT2D eigenvalue weighted by molar-refractivity contribution is -0.413. The van der Waals surface area contributed by atoms with Gasteiger partial charge in [-0.3, -0.25) is 9.59 Å². The summed E-state index contributed by atoms with van der Waals surface area (Å²) in [6.45, 7) is 12.0. The van der Waals surface area contributed by atoms with Gasteiger partial charge in [0.1, 0.15) is 11.7 Å². The summed E-state index contributed by atoms with van der Waals surface area (Å²) in [4.78, 5) is 22.9. The molecule has 0 aliphatic heterocycles. The quantitative estimate of drug-likeness (QED) is 0.493. The highest BCUT2D eigenvalue weighted by Crippen LogP contribution is 2.30. The van der Waals surface area contributed by atoms with E-state index in [0.717, 1.165) is 0 Å². The van der Waals surface area contributed by atoms with Crippen molar-refractivity contribution < 1.29 is 28.9 Å². The molecule has 0 rings (SSSR count). The van der Waals surface area contributed by atoms with Crippen molar-refractivity contribution in [3.8, 4) is 0 Å². The summed E-state index contributed by atoms with van der Waals surface area (Å²) >= 11 is 0. The first kappa shape index (κ1) is 20.0. The zero-order valence-corrected chi connectivity index (χ0v) is 14.0. The molecule has 0 fully saturated rings. The van der Waals surface area contributed by atoms with Gasteiger partial charge in [0.15, 0.2) is 0 Å². The van der Waals surface area contributed by atoms with Crippen LogP contribution in [0.3, 0.4) is 0 Å². The first-order chi connectivity index (χ1) is 9.49. The van der Waals surface area contributed by atoms with Crippen molar-refractivity contribution in [1.29, 1.82) is 0 Å². The molecule has 6 nitrogen and oxygen atoms in total. The Morgan fingerprint density at radius 2 is 1.24 bits per heavy atom. The van der Waals surface area contributed by atoms with Crippen LogP contribution in [0.15, 0.2) is 0 Å². The maximum atomic E-state index is 11.6. The second kappa shape index (κ2) is 8.46. The van der Waals surface area contributed by atoms with Crippen molar-refractivity contribution in [3.05, 3.63) is 0 Å². The molecule has 0 saturated heterocycles. The molecule has 0 aliphatic carbocycles. The van der Waals surface area contributed by atoms with Crippen LogP contribution in [0, 0.1) is 5.92 Å². The lowest BCUT2D eigenvalue weighted by atomic mass is 9.99. The molecule has 21 heavy (non-hydrogen) atoms. The van der Waals surface area contributed by atoms with Gasteiger partial charge in [0.2, 0.25) is 0 Å². The van der Waals surface area contributed by atoms with E-state index in [4.69, 9.17) is 14.2 Å². The van der Waals surface area contributed by atoms with Gasteiger partial charge in [-0.05, 0) is 48.5 Å². The SMILES string of the molecule is CC(=O)C(CC(OC(C)C)(OC(C)C)OC(C)C)C(=O)O. The third-order valence-electron chi connectivity index (χ3n) is 2.49. The van der Waals surface area contributed by atoms with Crippen molar-refractivity contribution in [2.45, 2.75) is 79.2 Å². The first-order valence-electron chi connectivity index (χ1n) is 7.25. The number of rotatable bonds is 10. The Hall–Kier alpha value is -0.980. The van der Waals surface area contributed by atoms with Crippen LogP contribution in [0.5, 0.6) is 0 Å². The predicted molar refractivity (Wildman–Crippen MR) is 77.8 cm³/mol. The topological polar surface area (TPSA) is 82.1 Å². The number of hydrogen-bond acceptors (Lipinski definition) is 5. The van der Waals surface area contributed by atoms with E-state index in [0.29, 0.717) is 0 Å². The van der Waals surface area contributed by atoms with Crippen LogP contribution in [-0.4, -0.2) is 41.1 Å². The molecular formula is C15H28O6. The van der Waals surface area contributed by atoms with E-state index in [1.54, 1.807) is 41.5 Å². The Labute approximate surface area is 126 Å². The highest BCUT2D eigenvalue weighted by atomic mass is 16.9. The third-order valence-corrected chi connectivity index (χ3v) is 2.49. The molecule has 0 aromatic rings. The number of carboxylic acid groups (broad SMARTS) is 1. The molecule has 0 spiro atoms. The standard InChI is InChI=1S/C15H28O6/c1-9(2)19-15(20-10(3)4,21-11(5)6)8-13(12(7)16)14(17)18/h9-11,13H,8H2,1-7H3,(H,17,18). The van der Waals surface area contributed by atoms with Crippen molar-refractivity contribution in [2.24, 2.45) is 5.92 Å². The number of hydrogen-bond donors (Lipinski definition) is 1. The third kappa shape index (κ3) is 7.55. The van der Waals surface area contributed by atoms with Crippen molar-refractivity contribution in [1.82, 2.24) is 0 Å². The average Bonchev–Trinajstić information content (AvgIpc) is 2.21. The van der Waals surface area contributed by atoms with Crippen LogP contribution in [0.2, 0.25) is 0 Å². The van der Waals surface area contributed by atoms with Crippen molar-refractivity contribution in [2.75, 3.05) is 0 Å². The van der Waals surface area contributed by atoms with Crippen LogP contribution >= 0.6 is 0 Å². The van der Waals surface area contributed by atoms with Crippen LogP contribution < -0.4 is 0 Å². The number of carbonyl (C=O) groups excluding carboxylic acids is 1. The van der Waals surface area contributed by atoms with Crippen LogP contribution in [0.4, 0.5) is 0 Å². The van der Waals surface area contributed by atoms with E-state index < -0.39 is 23.6 Å². The van der Waals surface area contributed by atoms with E-state index in [9.17, 15) is 14.7 Å². The van der Waals surface area contributed by atoms with E-state index in [-0.39, 0.29) is 24.7 Å². The molecule has 1 N–H and O–H groups in total. The van der Waals surface area contributed by atoms with Crippen LogP contribution in [0.25, 0.3) is 0 Å². The molecule has 0 aromatic heterocycles. The Balaban J connectivity index is 5.48. The lowest BCUT2D eigenvalue weighted by Gasteiger charge is -2.38. The summed E-state index contributed by atoms with van der Waals surface area (Å²) in [5.74, 6) is -4.45. The molecule has 0 bridgehead atoms. The van der Waals surface area contributed by atoms with Gasteiger partial charge in [0.25, 0.3) is 5.97 Å². The van der Waals surface area contributed by atoms with Gasteiger partial charge in [-0.2, -0.15) is 0 Å². The largest absolute Gasteiger partial charge is 0.481 e. The van der Waals surface area contributed by atoms with Crippen LogP contribution in [0.1, 0.15) is 54.9 Å². The van der Waals surface area contributed by atoms with Crippen LogP contribution in [-0.2, 0) is 23.8 Å². The molecule has 0 heterocycles. The van der Waals surface area contributed by atoms with E-state index in [1.165, 1.54) is 6.92 Å². The number of ether oxygens (including phenoxy) is 3. The summed E-state index contributed by atoms with van der Waals surface area (Å²) in [5, 5.41) is 9.22. The monoisotopic (exact) mass is 304 g/mol. The van der Waals surface area contributed by atoms with Gasteiger partial charge < -0.3 is 19.3 Å². The Kier molecular flexibility index (Phi) is 8.06. The lowest BCUT2D eigenvalue weighted by Crippen LogP contribution is -2.48. The summed E-state index contributed by atoms with van der Waals surface area (Å²) < 4.78 is 17.2. The number of carbonyl (C=O) groups is 2. The second-order valence-corrected chi connectivity index (χ2v) is 5.89. The fourth-order valence-corrected chi connectivity index (χ4v) is 1.96. The maximum absolute atomic E-state index is 11.6. The summed E-state index contributed by atoms with van der Waals surface area (Å²) in [5.41, 5.74) is 0. The Morgan fingerprint density at radius 1 is 0.905 bits per heavy atom. The molecular weight excluding hydrogens is 276 g/mol. The molecule has 0 radical (unpaired) electrons. The van der Waals surface area contributed by atoms with E-state index in [1.807, 2.05) is 0 Å². The zero-order chi connectivity index (χ0) is 16.8. The molecule has 0 amide bonds. The number of aliphatic carboxylic acids is 1. The molecule has 0 aliphatic rings. The van der Waals surface area contributed by atoms with Gasteiger partial charge >= 0.3 is 5.97 Å². The molecule has 6 heteroatoms. The smallest absolute Gasteiger partial charge is 0.314 e. The van der Waals surface area contributed by atoms with E-state index >= 15 is 0 Å². The molecule has 0 aromatic carbocycles. The highest BCUT2D eigenvalue weighted by Gasteiger charge is 2.43. The summed E-state index contributed by atoms with van der Waals surface area (Å²) in [6, 6.07) is 0. The van der Waals surface area contributed by atoms with Crippen molar-refractivity contribution in [3.63, 3.8) is 0 Å². The van der Waals surface area contributed by atoms with E-state index in [2.05, 4.69) is 0 Å². The summed E-state index contributed by atoms with van der Waals surface area (Å²) in [6.07, 6.45) is -0.927.